The highest BCUT2D eigenvalue weighted by Crippen LogP contribution is 2.33. The normalized spacial score (nSPS) is 16.4. The van der Waals surface area contributed by atoms with Gasteiger partial charge >= 0.3 is 0 Å². The molecule has 22 heavy (non-hydrogen) atoms. The first-order valence-corrected chi connectivity index (χ1v) is 7.53. The van der Waals surface area contributed by atoms with E-state index in [1.807, 2.05) is 7.05 Å². The van der Waals surface area contributed by atoms with E-state index >= 15 is 0 Å². The third-order valence-electron chi connectivity index (χ3n) is 4.23. The van der Waals surface area contributed by atoms with E-state index in [2.05, 4.69) is 34.2 Å². The molecular weight excluding hydrogens is 276 g/mol. The highest BCUT2D eigenvalue weighted by molar-refractivity contribution is 5.93. The molecule has 1 amide bonds. The van der Waals surface area contributed by atoms with Crippen LogP contribution in [0.4, 0.5) is 0 Å². The van der Waals surface area contributed by atoms with Gasteiger partial charge in [-0.25, -0.2) is 9.97 Å². The van der Waals surface area contributed by atoms with E-state index in [1.54, 1.807) is 17.3 Å². The number of rotatable bonds is 4. The Bertz CT molecular complexity index is 669. The topological polar surface area (TPSA) is 72.1 Å². The molecule has 1 aromatic heterocycles. The van der Waals surface area contributed by atoms with Crippen LogP contribution < -0.4 is 5.73 Å². The number of nitrogens with zero attached hydrogens (tertiary/aromatic N) is 3. The molecule has 2 aromatic rings. The van der Waals surface area contributed by atoms with Crippen LogP contribution >= 0.6 is 0 Å². The minimum absolute atomic E-state index is 0.0482. The summed E-state index contributed by atoms with van der Waals surface area (Å²) in [6.07, 6.45) is 5.30. The predicted molar refractivity (Wildman–Crippen MR) is 84.4 cm³/mol. The molecule has 1 heterocycles. The van der Waals surface area contributed by atoms with Crippen LogP contribution in [-0.2, 0) is 13.0 Å². The van der Waals surface area contributed by atoms with Gasteiger partial charge in [-0.3, -0.25) is 4.79 Å². The molecule has 1 aliphatic carbocycles. The molecule has 0 saturated heterocycles. The smallest absolute Gasteiger partial charge is 0.256 e. The standard InChI is InChI=1S/C17H20N4O/c1-21(17(22)14-9-19-16(8-18)20-10-14)11-13-7-6-12-4-2-3-5-15(12)13/h2-5,9-10,13H,6-8,11,18H2,1H3. The van der Waals surface area contributed by atoms with Crippen LogP contribution in [0.5, 0.6) is 0 Å². The van der Waals surface area contributed by atoms with Crippen molar-refractivity contribution in [3.63, 3.8) is 0 Å². The highest BCUT2D eigenvalue weighted by Gasteiger charge is 2.25. The Morgan fingerprint density at radius 3 is 2.77 bits per heavy atom. The number of hydrogen-bond acceptors (Lipinski definition) is 4. The third-order valence-corrected chi connectivity index (χ3v) is 4.23. The maximum atomic E-state index is 12.5. The number of hydrogen-bond donors (Lipinski definition) is 1. The molecule has 1 aliphatic rings. The van der Waals surface area contributed by atoms with E-state index in [1.165, 1.54) is 11.1 Å². The summed E-state index contributed by atoms with van der Waals surface area (Å²) in [6.45, 7) is 0.998. The second-order valence-corrected chi connectivity index (χ2v) is 5.71. The molecule has 1 aromatic carbocycles. The zero-order valence-corrected chi connectivity index (χ0v) is 12.7. The molecule has 1 atom stereocenters. The lowest BCUT2D eigenvalue weighted by Crippen LogP contribution is -2.30. The van der Waals surface area contributed by atoms with E-state index in [4.69, 9.17) is 5.73 Å². The monoisotopic (exact) mass is 296 g/mol. The first-order valence-electron chi connectivity index (χ1n) is 7.53. The second kappa shape index (κ2) is 6.23. The molecule has 0 saturated carbocycles. The first-order chi connectivity index (χ1) is 10.7. The average molecular weight is 296 g/mol. The van der Waals surface area contributed by atoms with Gasteiger partial charge in [0.1, 0.15) is 5.82 Å². The van der Waals surface area contributed by atoms with Gasteiger partial charge in [-0.15, -0.1) is 0 Å². The number of carbonyl (C=O) groups excluding carboxylic acids is 1. The van der Waals surface area contributed by atoms with Crippen molar-refractivity contribution in [2.75, 3.05) is 13.6 Å². The van der Waals surface area contributed by atoms with E-state index in [-0.39, 0.29) is 12.5 Å². The number of amides is 1. The van der Waals surface area contributed by atoms with Crippen LogP contribution in [0.3, 0.4) is 0 Å². The fourth-order valence-corrected chi connectivity index (χ4v) is 3.04. The number of benzene rings is 1. The van der Waals surface area contributed by atoms with Crippen LogP contribution in [0.1, 0.15) is 39.6 Å². The van der Waals surface area contributed by atoms with Crippen molar-refractivity contribution >= 4 is 5.91 Å². The van der Waals surface area contributed by atoms with Crippen LogP contribution in [-0.4, -0.2) is 34.4 Å². The van der Waals surface area contributed by atoms with E-state index in [0.29, 0.717) is 23.9 Å². The van der Waals surface area contributed by atoms with Crippen molar-refractivity contribution in [3.05, 3.63) is 59.2 Å². The molecule has 5 nitrogen and oxygen atoms in total. The van der Waals surface area contributed by atoms with Gasteiger partial charge in [0.05, 0.1) is 12.1 Å². The maximum absolute atomic E-state index is 12.5. The summed E-state index contributed by atoms with van der Waals surface area (Å²) < 4.78 is 0. The summed E-state index contributed by atoms with van der Waals surface area (Å²) in [5, 5.41) is 0. The van der Waals surface area contributed by atoms with Gasteiger partial charge in [-0.2, -0.15) is 0 Å². The van der Waals surface area contributed by atoms with Gasteiger partial charge in [-0.1, -0.05) is 24.3 Å². The van der Waals surface area contributed by atoms with Crippen molar-refractivity contribution in [2.24, 2.45) is 5.73 Å². The summed E-state index contributed by atoms with van der Waals surface area (Å²) in [7, 11) is 1.83. The van der Waals surface area contributed by atoms with Gasteiger partial charge < -0.3 is 10.6 Å². The zero-order valence-electron chi connectivity index (χ0n) is 12.7. The fourth-order valence-electron chi connectivity index (χ4n) is 3.04. The quantitative estimate of drug-likeness (QED) is 0.932. The number of likely N-dealkylation sites (N-methyl/N-ethyl adjacent to an activating group) is 1. The van der Waals surface area contributed by atoms with Crippen molar-refractivity contribution in [1.82, 2.24) is 14.9 Å². The lowest BCUT2D eigenvalue weighted by atomic mass is 10.0. The Morgan fingerprint density at radius 2 is 2.05 bits per heavy atom. The van der Waals surface area contributed by atoms with E-state index in [0.717, 1.165) is 12.8 Å². The third kappa shape index (κ3) is 2.85. The van der Waals surface area contributed by atoms with Crippen molar-refractivity contribution in [3.8, 4) is 0 Å². The minimum Gasteiger partial charge on any atom is -0.341 e. The van der Waals surface area contributed by atoms with Crippen molar-refractivity contribution in [1.29, 1.82) is 0 Å². The van der Waals surface area contributed by atoms with Crippen LogP contribution in [0.25, 0.3) is 0 Å². The molecule has 0 spiro atoms. The first kappa shape index (κ1) is 14.7. The molecular formula is C17H20N4O. The lowest BCUT2D eigenvalue weighted by molar-refractivity contribution is 0.0785. The Labute approximate surface area is 130 Å². The largest absolute Gasteiger partial charge is 0.341 e. The molecule has 0 fully saturated rings. The number of aryl methyl sites for hydroxylation is 1. The summed E-state index contributed by atoms with van der Waals surface area (Å²) >= 11 is 0. The SMILES string of the molecule is CN(CC1CCc2ccccc21)C(=O)c1cnc(CN)nc1. The lowest BCUT2D eigenvalue weighted by Gasteiger charge is -2.22. The number of carbonyl (C=O) groups is 1. The zero-order chi connectivity index (χ0) is 15.5. The highest BCUT2D eigenvalue weighted by atomic mass is 16.2. The van der Waals surface area contributed by atoms with Crippen LogP contribution in [0.2, 0.25) is 0 Å². The van der Waals surface area contributed by atoms with E-state index in [9.17, 15) is 4.79 Å². The van der Waals surface area contributed by atoms with Gasteiger partial charge in [0.15, 0.2) is 0 Å². The number of nitrogens with two attached hydrogens (primary N) is 1. The predicted octanol–water partition coefficient (Wildman–Crippen LogP) is 1.74. The molecule has 2 N–H and O–H groups in total. The maximum Gasteiger partial charge on any atom is 0.256 e. The Balaban J connectivity index is 1.69. The number of aromatic nitrogens is 2. The summed E-state index contributed by atoms with van der Waals surface area (Å²) in [4.78, 5) is 22.4. The van der Waals surface area contributed by atoms with Gasteiger partial charge in [0, 0.05) is 31.9 Å². The van der Waals surface area contributed by atoms with Crippen molar-refractivity contribution in [2.45, 2.75) is 25.3 Å². The molecule has 0 radical (unpaired) electrons. The molecule has 3 rings (SSSR count). The summed E-state index contributed by atoms with van der Waals surface area (Å²) in [5.41, 5.74) is 8.75. The molecule has 5 heteroatoms. The van der Waals surface area contributed by atoms with E-state index < -0.39 is 0 Å². The fraction of sp³-hybridized carbons (Fsp3) is 0.353. The van der Waals surface area contributed by atoms with Crippen LogP contribution in [0, 0.1) is 0 Å². The summed E-state index contributed by atoms with van der Waals surface area (Å²) in [5.74, 6) is 0.909. The molecule has 114 valence electrons. The Hall–Kier alpha value is -2.27. The average Bonchev–Trinajstić information content (AvgIpc) is 2.97. The number of fused-ring (bicyclic) bond motifs is 1. The molecule has 0 aliphatic heterocycles. The molecule has 0 bridgehead atoms. The van der Waals surface area contributed by atoms with Gasteiger partial charge in [-0.05, 0) is 24.0 Å². The van der Waals surface area contributed by atoms with Crippen molar-refractivity contribution < 1.29 is 4.79 Å². The second-order valence-electron chi connectivity index (χ2n) is 5.71. The van der Waals surface area contributed by atoms with Crippen LogP contribution in [0.15, 0.2) is 36.7 Å². The molecule has 1 unspecified atom stereocenters. The van der Waals surface area contributed by atoms with Gasteiger partial charge in [0.25, 0.3) is 5.91 Å². The Kier molecular flexibility index (Phi) is 4.15. The summed E-state index contributed by atoms with van der Waals surface area (Å²) in [6, 6.07) is 8.49. The Morgan fingerprint density at radius 1 is 1.32 bits per heavy atom. The van der Waals surface area contributed by atoms with Gasteiger partial charge in [0.2, 0.25) is 0 Å². The minimum atomic E-state index is -0.0482.